The van der Waals surface area contributed by atoms with Gasteiger partial charge in [-0.3, -0.25) is 9.59 Å². The first-order valence-corrected chi connectivity index (χ1v) is 13.6. The molecule has 4 aromatic rings. The van der Waals surface area contributed by atoms with Gasteiger partial charge in [0.1, 0.15) is 6.54 Å². The lowest BCUT2D eigenvalue weighted by molar-refractivity contribution is -0.133. The Kier molecular flexibility index (Phi) is 7.19. The number of halogens is 1. The smallest absolute Gasteiger partial charge is 0.267 e. The number of amides is 1. The second kappa shape index (κ2) is 11.1. The molecule has 1 unspecified atom stereocenters. The van der Waals surface area contributed by atoms with Gasteiger partial charge in [-0.15, -0.1) is 0 Å². The highest BCUT2D eigenvalue weighted by atomic mass is 79.9. The standard InChI is InChI=1S/C30H25BrN4O6/c1-38-25-10-6-20(14-27(25)39-2)24-15-23(18-3-7-21(31)8-4-18)33-35(24)30(37)16-34-29(36)12-9-22(32-34)19-5-11-26-28(13-19)41-17-40-26/h3-14,24H,15-17H2,1-2H3. The highest BCUT2D eigenvalue weighted by molar-refractivity contribution is 9.10. The third-order valence-electron chi connectivity index (χ3n) is 6.96. The van der Waals surface area contributed by atoms with Gasteiger partial charge in [0.15, 0.2) is 23.0 Å². The maximum atomic E-state index is 13.8. The van der Waals surface area contributed by atoms with Crippen molar-refractivity contribution >= 4 is 27.5 Å². The molecule has 0 aliphatic carbocycles. The SMILES string of the molecule is COc1ccc(C2CC(c3ccc(Br)cc3)=NN2C(=O)Cn2nc(-c3ccc4c(c3)OCO4)ccc2=O)cc1OC. The minimum absolute atomic E-state index is 0.153. The second-order valence-electron chi connectivity index (χ2n) is 9.41. The number of carbonyl (C=O) groups is 1. The normalized spacial score (nSPS) is 15.5. The van der Waals surface area contributed by atoms with Crippen LogP contribution in [0.25, 0.3) is 11.3 Å². The lowest BCUT2D eigenvalue weighted by atomic mass is 9.98. The fourth-order valence-electron chi connectivity index (χ4n) is 4.85. The van der Waals surface area contributed by atoms with E-state index in [0.717, 1.165) is 31.6 Å². The Morgan fingerprint density at radius 2 is 1.68 bits per heavy atom. The Bertz CT molecular complexity index is 1720. The van der Waals surface area contributed by atoms with E-state index >= 15 is 0 Å². The van der Waals surface area contributed by atoms with Crippen LogP contribution >= 0.6 is 15.9 Å². The Balaban J connectivity index is 1.33. The summed E-state index contributed by atoms with van der Waals surface area (Å²) >= 11 is 3.47. The maximum Gasteiger partial charge on any atom is 0.267 e. The highest BCUT2D eigenvalue weighted by Crippen LogP contribution is 2.38. The summed E-state index contributed by atoms with van der Waals surface area (Å²) in [6.45, 7) is -0.141. The van der Waals surface area contributed by atoms with E-state index in [0.29, 0.717) is 35.1 Å². The van der Waals surface area contributed by atoms with E-state index in [1.165, 1.54) is 11.1 Å². The van der Waals surface area contributed by atoms with Gasteiger partial charge in [-0.1, -0.05) is 34.1 Å². The number of carbonyl (C=O) groups excluding carboxylic acids is 1. The molecule has 0 saturated heterocycles. The van der Waals surface area contributed by atoms with Crippen molar-refractivity contribution in [2.45, 2.75) is 19.0 Å². The molecule has 0 fully saturated rings. The second-order valence-corrected chi connectivity index (χ2v) is 10.3. The molecule has 3 aromatic carbocycles. The molecule has 3 heterocycles. The number of rotatable bonds is 7. The van der Waals surface area contributed by atoms with Crippen LogP contribution < -0.4 is 24.5 Å². The van der Waals surface area contributed by atoms with Crippen molar-refractivity contribution < 1.29 is 23.7 Å². The molecule has 2 aliphatic heterocycles. The molecule has 0 saturated carbocycles. The maximum absolute atomic E-state index is 13.8. The predicted octanol–water partition coefficient (Wildman–Crippen LogP) is 4.80. The topological polar surface area (TPSA) is 104 Å². The zero-order valence-corrected chi connectivity index (χ0v) is 23.8. The summed E-state index contributed by atoms with van der Waals surface area (Å²) in [5.41, 5.74) is 3.32. The molecule has 1 amide bonds. The lowest BCUT2D eigenvalue weighted by Gasteiger charge is -2.23. The van der Waals surface area contributed by atoms with E-state index in [9.17, 15) is 9.59 Å². The van der Waals surface area contributed by atoms with Gasteiger partial charge in [0.05, 0.1) is 31.7 Å². The molecule has 6 rings (SSSR count). The average molecular weight is 617 g/mol. The average Bonchev–Trinajstić information content (AvgIpc) is 3.66. The first-order chi connectivity index (χ1) is 19.9. The molecule has 1 aromatic heterocycles. The number of methoxy groups -OCH3 is 2. The van der Waals surface area contributed by atoms with Gasteiger partial charge in [-0.2, -0.15) is 10.2 Å². The number of benzene rings is 3. The summed E-state index contributed by atoms with van der Waals surface area (Å²) in [5.74, 6) is 1.99. The Morgan fingerprint density at radius 1 is 0.927 bits per heavy atom. The van der Waals surface area contributed by atoms with Crippen LogP contribution in [-0.4, -0.2) is 47.4 Å². The molecule has 208 valence electrons. The summed E-state index contributed by atoms with van der Waals surface area (Å²) in [5, 5.41) is 10.6. The van der Waals surface area contributed by atoms with Crippen molar-refractivity contribution in [1.82, 2.24) is 14.8 Å². The first-order valence-electron chi connectivity index (χ1n) is 12.8. The van der Waals surface area contributed by atoms with Gasteiger partial charge in [-0.25, -0.2) is 9.69 Å². The van der Waals surface area contributed by atoms with Crippen molar-refractivity contribution in [3.8, 4) is 34.3 Å². The van der Waals surface area contributed by atoms with E-state index in [4.69, 9.17) is 24.0 Å². The van der Waals surface area contributed by atoms with Crippen LogP contribution in [0.5, 0.6) is 23.0 Å². The predicted molar refractivity (Wildman–Crippen MR) is 154 cm³/mol. The lowest BCUT2D eigenvalue weighted by Crippen LogP contribution is -2.35. The fraction of sp³-hybridized carbons (Fsp3) is 0.200. The Labute approximate surface area is 243 Å². The molecular formula is C30H25BrN4O6. The van der Waals surface area contributed by atoms with Crippen molar-refractivity contribution in [3.63, 3.8) is 0 Å². The molecule has 11 heteroatoms. The summed E-state index contributed by atoms with van der Waals surface area (Å²) in [6, 6.07) is 21.3. The molecule has 41 heavy (non-hydrogen) atoms. The van der Waals surface area contributed by atoms with Crippen LogP contribution in [-0.2, 0) is 11.3 Å². The van der Waals surface area contributed by atoms with E-state index < -0.39 is 11.6 Å². The van der Waals surface area contributed by atoms with Crippen LogP contribution in [0.4, 0.5) is 0 Å². The van der Waals surface area contributed by atoms with E-state index in [-0.39, 0.29) is 19.2 Å². The molecular weight excluding hydrogens is 592 g/mol. The van der Waals surface area contributed by atoms with Crippen molar-refractivity contribution in [3.05, 3.63) is 98.7 Å². The third kappa shape index (κ3) is 5.28. The molecule has 0 radical (unpaired) electrons. The zero-order chi connectivity index (χ0) is 28.5. The van der Waals surface area contributed by atoms with E-state index in [1.807, 2.05) is 42.5 Å². The number of nitrogens with zero attached hydrogens (tertiary/aromatic N) is 4. The minimum Gasteiger partial charge on any atom is -0.493 e. The zero-order valence-electron chi connectivity index (χ0n) is 22.2. The number of ether oxygens (including phenoxy) is 4. The summed E-state index contributed by atoms with van der Waals surface area (Å²) in [7, 11) is 3.13. The molecule has 0 spiro atoms. The Morgan fingerprint density at radius 3 is 2.46 bits per heavy atom. The number of hydrogen-bond acceptors (Lipinski definition) is 8. The number of hydrazone groups is 1. The summed E-state index contributed by atoms with van der Waals surface area (Å²) < 4.78 is 23.9. The molecule has 2 aliphatic rings. The molecule has 10 nitrogen and oxygen atoms in total. The van der Waals surface area contributed by atoms with Gasteiger partial charge < -0.3 is 18.9 Å². The number of hydrogen-bond donors (Lipinski definition) is 0. The molecule has 0 N–H and O–H groups in total. The van der Waals surface area contributed by atoms with Gasteiger partial charge in [-0.05, 0) is 59.7 Å². The summed E-state index contributed by atoms with van der Waals surface area (Å²) in [6.07, 6.45) is 0.475. The van der Waals surface area contributed by atoms with Crippen LogP contribution in [0, 0.1) is 0 Å². The highest BCUT2D eigenvalue weighted by Gasteiger charge is 2.34. The minimum atomic E-state index is -0.423. The molecule has 1 atom stereocenters. The van der Waals surface area contributed by atoms with E-state index in [2.05, 4.69) is 21.0 Å². The Hall–Kier alpha value is -4.64. The number of fused-ring (bicyclic) bond motifs is 1. The van der Waals surface area contributed by atoms with Crippen LogP contribution in [0.2, 0.25) is 0 Å². The quantitative estimate of drug-likeness (QED) is 0.294. The molecule has 0 bridgehead atoms. The van der Waals surface area contributed by atoms with Gasteiger partial charge in [0.2, 0.25) is 6.79 Å². The van der Waals surface area contributed by atoms with Crippen LogP contribution in [0.15, 0.2) is 87.2 Å². The van der Waals surface area contributed by atoms with Crippen molar-refractivity contribution in [2.75, 3.05) is 21.0 Å². The third-order valence-corrected chi connectivity index (χ3v) is 7.48. The van der Waals surface area contributed by atoms with Crippen LogP contribution in [0.3, 0.4) is 0 Å². The summed E-state index contributed by atoms with van der Waals surface area (Å²) in [4.78, 5) is 26.6. The van der Waals surface area contributed by atoms with Crippen molar-refractivity contribution in [1.29, 1.82) is 0 Å². The first kappa shape index (κ1) is 26.6. The number of aromatic nitrogens is 2. The monoisotopic (exact) mass is 616 g/mol. The van der Waals surface area contributed by atoms with Gasteiger partial charge >= 0.3 is 0 Å². The van der Waals surface area contributed by atoms with E-state index in [1.54, 1.807) is 38.5 Å². The van der Waals surface area contributed by atoms with Crippen LogP contribution in [0.1, 0.15) is 23.6 Å². The fourth-order valence-corrected chi connectivity index (χ4v) is 5.11. The van der Waals surface area contributed by atoms with Gasteiger partial charge in [0, 0.05) is 22.5 Å². The largest absolute Gasteiger partial charge is 0.493 e. The van der Waals surface area contributed by atoms with Gasteiger partial charge in [0.25, 0.3) is 11.5 Å². The van der Waals surface area contributed by atoms with Crippen molar-refractivity contribution in [2.24, 2.45) is 5.10 Å².